The minimum atomic E-state index is -0.588. The molecule has 0 aliphatic carbocycles. The molecule has 7 nitrogen and oxygen atoms in total. The number of carbonyl (C=O) groups excluding carboxylic acids is 1. The van der Waals surface area contributed by atoms with Gasteiger partial charge in [0.25, 0.3) is 5.91 Å². The molecule has 0 radical (unpaired) electrons. The number of aliphatic imine (C=N–C) groups is 1. The molecule has 1 fully saturated rings. The largest absolute Gasteiger partial charge is 0.364 e. The average Bonchev–Trinajstić information content (AvgIpc) is 3.12. The summed E-state index contributed by atoms with van der Waals surface area (Å²) in [6.45, 7) is 8.45. The van der Waals surface area contributed by atoms with Crippen molar-refractivity contribution >= 4 is 28.0 Å². The van der Waals surface area contributed by atoms with E-state index in [2.05, 4.69) is 45.4 Å². The first-order valence-electron chi connectivity index (χ1n) is 9.39. The van der Waals surface area contributed by atoms with E-state index in [-0.39, 0.29) is 11.7 Å². The van der Waals surface area contributed by atoms with Gasteiger partial charge in [0.1, 0.15) is 10.0 Å². The lowest BCUT2D eigenvalue weighted by Gasteiger charge is -2.37. The quantitative estimate of drug-likeness (QED) is 0.584. The molecule has 0 aromatic carbocycles. The lowest BCUT2D eigenvalue weighted by molar-refractivity contribution is 0.0997. The number of thiazole rings is 1. The van der Waals surface area contributed by atoms with Crippen molar-refractivity contribution in [2.24, 2.45) is 10.7 Å². The number of likely N-dealkylation sites (N-methyl/N-ethyl adjacent to an activating group) is 2. The van der Waals surface area contributed by atoms with Gasteiger partial charge in [-0.25, -0.2) is 9.98 Å². The summed E-state index contributed by atoms with van der Waals surface area (Å²) < 4.78 is 0. The van der Waals surface area contributed by atoms with E-state index in [1.165, 1.54) is 11.3 Å². The zero-order chi connectivity index (χ0) is 21.0. The van der Waals surface area contributed by atoms with Crippen LogP contribution in [0.3, 0.4) is 0 Å². The third-order valence-electron chi connectivity index (χ3n) is 4.81. The third kappa shape index (κ3) is 5.03. The highest BCUT2D eigenvalue weighted by atomic mass is 32.1. The van der Waals surface area contributed by atoms with Crippen LogP contribution in [0.1, 0.15) is 29.1 Å². The van der Waals surface area contributed by atoms with Gasteiger partial charge < -0.3 is 10.6 Å². The van der Waals surface area contributed by atoms with Crippen LogP contribution in [0.15, 0.2) is 48.1 Å². The Bertz CT molecular complexity index is 964. The summed E-state index contributed by atoms with van der Waals surface area (Å²) in [6.07, 6.45) is 7.07. The van der Waals surface area contributed by atoms with Crippen LogP contribution in [-0.2, 0) is 0 Å². The van der Waals surface area contributed by atoms with Crippen LogP contribution in [0.2, 0.25) is 0 Å². The SMILES string of the molecule is C=C/C=C/C(C)=Nc1sc(-c2ccnc(C3CN(C)CCN3C)c2)nc1C(N)=O. The van der Waals surface area contributed by atoms with Gasteiger partial charge in [-0.15, -0.1) is 0 Å². The molecule has 0 spiro atoms. The first-order valence-corrected chi connectivity index (χ1v) is 10.2. The van der Waals surface area contributed by atoms with E-state index in [1.807, 2.05) is 25.1 Å². The third-order valence-corrected chi connectivity index (χ3v) is 5.81. The minimum absolute atomic E-state index is 0.184. The van der Waals surface area contributed by atoms with E-state index in [0.29, 0.717) is 10.0 Å². The Morgan fingerprint density at radius 2 is 2.21 bits per heavy atom. The van der Waals surface area contributed by atoms with Gasteiger partial charge in [0.2, 0.25) is 0 Å². The van der Waals surface area contributed by atoms with Gasteiger partial charge in [-0.3, -0.25) is 14.7 Å². The van der Waals surface area contributed by atoms with Crippen LogP contribution in [0.4, 0.5) is 5.00 Å². The van der Waals surface area contributed by atoms with Crippen molar-refractivity contribution in [2.75, 3.05) is 33.7 Å². The summed E-state index contributed by atoms with van der Waals surface area (Å²) in [6, 6.07) is 4.16. The summed E-state index contributed by atoms with van der Waals surface area (Å²) in [4.78, 5) is 30.1. The summed E-state index contributed by atoms with van der Waals surface area (Å²) in [5.41, 5.74) is 8.36. The molecule has 2 aromatic heterocycles. The molecule has 2 N–H and O–H groups in total. The van der Waals surface area contributed by atoms with Crippen LogP contribution in [0, 0.1) is 0 Å². The highest BCUT2D eigenvalue weighted by Gasteiger charge is 2.25. The normalized spacial score (nSPS) is 19.0. The number of aromatic nitrogens is 2. The maximum absolute atomic E-state index is 11.9. The van der Waals surface area contributed by atoms with Crippen molar-refractivity contribution in [1.82, 2.24) is 19.8 Å². The Morgan fingerprint density at radius 3 is 2.93 bits per heavy atom. The predicted molar refractivity (Wildman–Crippen MR) is 119 cm³/mol. The maximum Gasteiger partial charge on any atom is 0.270 e. The lowest BCUT2D eigenvalue weighted by Crippen LogP contribution is -2.45. The first kappa shape index (κ1) is 21.0. The van der Waals surface area contributed by atoms with Crippen LogP contribution in [0.5, 0.6) is 0 Å². The maximum atomic E-state index is 11.9. The molecular weight excluding hydrogens is 384 g/mol. The monoisotopic (exact) mass is 410 g/mol. The van der Waals surface area contributed by atoms with Crippen molar-refractivity contribution in [3.8, 4) is 10.6 Å². The molecule has 1 saturated heterocycles. The van der Waals surface area contributed by atoms with Crippen LogP contribution in [0.25, 0.3) is 10.6 Å². The number of amides is 1. The molecule has 0 bridgehead atoms. The number of nitrogens with zero attached hydrogens (tertiary/aromatic N) is 5. The van der Waals surface area contributed by atoms with Gasteiger partial charge >= 0.3 is 0 Å². The molecule has 3 rings (SSSR count). The van der Waals surface area contributed by atoms with Crippen molar-refractivity contribution in [1.29, 1.82) is 0 Å². The van der Waals surface area contributed by atoms with Crippen LogP contribution in [-0.4, -0.2) is 65.1 Å². The van der Waals surface area contributed by atoms with E-state index in [4.69, 9.17) is 5.73 Å². The smallest absolute Gasteiger partial charge is 0.270 e. The van der Waals surface area contributed by atoms with Gasteiger partial charge in [-0.05, 0) is 39.2 Å². The van der Waals surface area contributed by atoms with Crippen molar-refractivity contribution in [2.45, 2.75) is 13.0 Å². The van der Waals surface area contributed by atoms with Crippen molar-refractivity contribution in [3.63, 3.8) is 0 Å². The zero-order valence-corrected chi connectivity index (χ0v) is 17.8. The van der Waals surface area contributed by atoms with Crippen molar-refractivity contribution < 1.29 is 4.79 Å². The van der Waals surface area contributed by atoms with Crippen LogP contribution >= 0.6 is 11.3 Å². The van der Waals surface area contributed by atoms with E-state index in [9.17, 15) is 4.79 Å². The second-order valence-corrected chi connectivity index (χ2v) is 8.09. The Kier molecular flexibility index (Phi) is 6.68. The number of piperazine rings is 1. The lowest BCUT2D eigenvalue weighted by atomic mass is 10.1. The number of rotatable bonds is 6. The highest BCUT2D eigenvalue weighted by Crippen LogP contribution is 2.35. The summed E-state index contributed by atoms with van der Waals surface area (Å²) in [7, 11) is 4.24. The van der Waals surface area contributed by atoms with E-state index in [1.54, 1.807) is 18.3 Å². The molecule has 0 saturated carbocycles. The molecule has 1 amide bonds. The van der Waals surface area contributed by atoms with Gasteiger partial charge in [0.05, 0.1) is 11.7 Å². The Labute approximate surface area is 175 Å². The second-order valence-electron chi connectivity index (χ2n) is 7.11. The molecule has 1 aliphatic heterocycles. The highest BCUT2D eigenvalue weighted by molar-refractivity contribution is 7.19. The fourth-order valence-corrected chi connectivity index (χ4v) is 4.17. The zero-order valence-electron chi connectivity index (χ0n) is 17.0. The number of nitrogens with two attached hydrogens (primary N) is 1. The van der Waals surface area contributed by atoms with Gasteiger partial charge in [-0.1, -0.05) is 30.1 Å². The van der Waals surface area contributed by atoms with E-state index in [0.717, 1.165) is 36.6 Å². The molecule has 8 heteroatoms. The number of hydrogen-bond donors (Lipinski definition) is 1. The van der Waals surface area contributed by atoms with E-state index < -0.39 is 5.91 Å². The van der Waals surface area contributed by atoms with E-state index >= 15 is 0 Å². The standard InChI is InChI=1S/C21H26N6OS/c1-5-6-7-14(2)24-21-18(19(22)28)25-20(29-21)15-8-9-23-16(12-15)17-13-26(3)10-11-27(17)4/h5-9,12,17H,1,10-11,13H2,2-4H3,(H2,22,28)/b7-6+,24-14?. The molecule has 1 atom stereocenters. The van der Waals surface area contributed by atoms with Crippen molar-refractivity contribution in [3.05, 3.63) is 54.5 Å². The molecule has 1 unspecified atom stereocenters. The first-order chi connectivity index (χ1) is 13.9. The predicted octanol–water partition coefficient (Wildman–Crippen LogP) is 3.06. The van der Waals surface area contributed by atoms with Gasteiger partial charge in [-0.2, -0.15) is 0 Å². The van der Waals surface area contributed by atoms with Gasteiger partial charge in [0.15, 0.2) is 5.69 Å². The summed E-state index contributed by atoms with van der Waals surface area (Å²) in [5, 5.41) is 1.21. The number of hydrogen-bond acceptors (Lipinski definition) is 7. The second kappa shape index (κ2) is 9.21. The Hall–Kier alpha value is -2.68. The number of carbonyl (C=O) groups is 1. The molecule has 1 aliphatic rings. The molecule has 29 heavy (non-hydrogen) atoms. The fourth-order valence-electron chi connectivity index (χ4n) is 3.17. The summed E-state index contributed by atoms with van der Waals surface area (Å²) >= 11 is 1.35. The Morgan fingerprint density at radius 1 is 1.41 bits per heavy atom. The minimum Gasteiger partial charge on any atom is -0.364 e. The average molecular weight is 411 g/mol. The number of allylic oxidation sites excluding steroid dienone is 3. The number of pyridine rings is 1. The topological polar surface area (TPSA) is 87.7 Å². The Balaban J connectivity index is 1.97. The number of primary amides is 1. The molecule has 3 heterocycles. The summed E-state index contributed by atoms with van der Waals surface area (Å²) in [5.74, 6) is -0.588. The molecule has 152 valence electrons. The molecule has 2 aromatic rings. The molecular formula is C21H26N6OS. The van der Waals surface area contributed by atoms with Crippen LogP contribution < -0.4 is 5.73 Å². The fraction of sp³-hybridized carbons (Fsp3) is 0.333. The van der Waals surface area contributed by atoms with Gasteiger partial charge in [0, 0.05) is 37.1 Å².